The molecule has 3 aromatic heterocycles. The highest BCUT2D eigenvalue weighted by atomic mass is 35.5. The standard InChI is InChI=1S/C27H24ClN7O6/c1-16-9-29-35(10-16)19(8-28)11-34(12-24-30-26(32-40-24)17-2-4-20-22(6-17)38-14-36-20)13-25-31-27(33-41-25)18-3-5-21-23(7-18)39-15-37-21/h2-7,9-10,19H,8,11-15H2,1H3/t19-/m0/s1. The van der Waals surface area contributed by atoms with Gasteiger partial charge in [0.25, 0.3) is 0 Å². The van der Waals surface area contributed by atoms with Crippen LogP contribution in [0.1, 0.15) is 23.4 Å². The summed E-state index contributed by atoms with van der Waals surface area (Å²) in [5, 5.41) is 12.8. The topological polar surface area (TPSA) is 136 Å². The second-order valence-corrected chi connectivity index (χ2v) is 9.94. The predicted molar refractivity (Wildman–Crippen MR) is 143 cm³/mol. The number of fused-ring (bicyclic) bond motifs is 2. The molecule has 2 aromatic carbocycles. The molecule has 1 atom stereocenters. The first kappa shape index (κ1) is 25.4. The highest BCUT2D eigenvalue weighted by molar-refractivity contribution is 6.18. The molecular formula is C27H24ClN7O6. The molecule has 0 spiro atoms. The average molecular weight is 578 g/mol. The van der Waals surface area contributed by atoms with E-state index in [1.807, 2.05) is 54.2 Å². The lowest BCUT2D eigenvalue weighted by atomic mass is 10.2. The molecule has 41 heavy (non-hydrogen) atoms. The number of alkyl halides is 1. The SMILES string of the molecule is Cc1cnn([C@@H](CCl)CN(Cc2nc(-c3ccc4c(c3)OCO4)no2)Cc2nc(-c3ccc4c(c3)OCO4)no2)c1. The molecule has 0 saturated carbocycles. The van der Waals surface area contributed by atoms with Gasteiger partial charge in [-0.2, -0.15) is 15.1 Å². The van der Waals surface area contributed by atoms with Crippen molar-refractivity contribution in [1.82, 2.24) is 35.0 Å². The summed E-state index contributed by atoms with van der Waals surface area (Å²) < 4.78 is 34.9. The third kappa shape index (κ3) is 5.28. The van der Waals surface area contributed by atoms with E-state index in [4.69, 9.17) is 39.6 Å². The maximum Gasteiger partial charge on any atom is 0.241 e. The maximum absolute atomic E-state index is 6.39. The number of benzene rings is 2. The normalized spacial score (nSPS) is 14.2. The van der Waals surface area contributed by atoms with Gasteiger partial charge in [-0.25, -0.2) is 0 Å². The van der Waals surface area contributed by atoms with E-state index in [2.05, 4.69) is 30.3 Å². The minimum atomic E-state index is -0.127. The Labute approximate surface area is 238 Å². The Morgan fingerprint density at radius 1 is 0.829 bits per heavy atom. The van der Waals surface area contributed by atoms with Gasteiger partial charge in [0.05, 0.1) is 25.3 Å². The highest BCUT2D eigenvalue weighted by Crippen LogP contribution is 2.36. The molecule has 0 unspecified atom stereocenters. The molecule has 5 heterocycles. The van der Waals surface area contributed by atoms with Crippen LogP contribution in [0.5, 0.6) is 23.0 Å². The minimum Gasteiger partial charge on any atom is -0.454 e. The predicted octanol–water partition coefficient (Wildman–Crippen LogP) is 4.23. The molecule has 13 nitrogen and oxygen atoms in total. The van der Waals surface area contributed by atoms with E-state index in [0.717, 1.165) is 16.7 Å². The number of halogens is 1. The van der Waals surface area contributed by atoms with Gasteiger partial charge in [0.1, 0.15) is 0 Å². The van der Waals surface area contributed by atoms with Gasteiger partial charge in [0.15, 0.2) is 23.0 Å². The number of ether oxygens (including phenoxy) is 4. The van der Waals surface area contributed by atoms with Gasteiger partial charge in [0.2, 0.25) is 37.0 Å². The largest absolute Gasteiger partial charge is 0.454 e. The van der Waals surface area contributed by atoms with E-state index in [0.29, 0.717) is 71.9 Å². The van der Waals surface area contributed by atoms with Crippen LogP contribution >= 0.6 is 11.6 Å². The van der Waals surface area contributed by atoms with E-state index in [9.17, 15) is 0 Å². The number of rotatable bonds is 10. The van der Waals surface area contributed by atoms with Crippen LogP contribution in [0.4, 0.5) is 0 Å². The van der Waals surface area contributed by atoms with Gasteiger partial charge in [-0.15, -0.1) is 11.6 Å². The molecule has 0 bridgehead atoms. The van der Waals surface area contributed by atoms with Crippen LogP contribution in [0.3, 0.4) is 0 Å². The summed E-state index contributed by atoms with van der Waals surface area (Å²) >= 11 is 6.39. The summed E-state index contributed by atoms with van der Waals surface area (Å²) in [6.45, 7) is 3.50. The van der Waals surface area contributed by atoms with Crippen molar-refractivity contribution in [3.8, 4) is 45.8 Å². The van der Waals surface area contributed by atoms with Crippen molar-refractivity contribution >= 4 is 11.6 Å². The fraction of sp³-hybridized carbons (Fsp3) is 0.296. The summed E-state index contributed by atoms with van der Waals surface area (Å²) in [7, 11) is 0. The first-order valence-corrected chi connectivity index (χ1v) is 13.4. The molecule has 2 aliphatic rings. The fourth-order valence-corrected chi connectivity index (χ4v) is 4.88. The number of aryl methyl sites for hydroxylation is 1. The Morgan fingerprint density at radius 3 is 1.90 bits per heavy atom. The maximum atomic E-state index is 6.39. The smallest absolute Gasteiger partial charge is 0.241 e. The zero-order valence-corrected chi connectivity index (χ0v) is 22.7. The summed E-state index contributed by atoms with van der Waals surface area (Å²) in [6, 6.07) is 10.9. The number of hydrogen-bond acceptors (Lipinski definition) is 12. The zero-order chi connectivity index (χ0) is 27.8. The van der Waals surface area contributed by atoms with Gasteiger partial charge in [-0.3, -0.25) is 9.58 Å². The van der Waals surface area contributed by atoms with Gasteiger partial charge >= 0.3 is 0 Å². The Morgan fingerprint density at radius 2 is 1.39 bits per heavy atom. The molecule has 0 radical (unpaired) electrons. The van der Waals surface area contributed by atoms with E-state index in [1.54, 1.807) is 6.20 Å². The van der Waals surface area contributed by atoms with Crippen molar-refractivity contribution in [2.24, 2.45) is 0 Å². The summed E-state index contributed by atoms with van der Waals surface area (Å²) in [6.07, 6.45) is 3.76. The Balaban J connectivity index is 1.12. The molecular weight excluding hydrogens is 554 g/mol. The lowest BCUT2D eigenvalue weighted by Gasteiger charge is -2.24. The van der Waals surface area contributed by atoms with E-state index in [1.165, 1.54) is 0 Å². The molecule has 210 valence electrons. The molecule has 0 N–H and O–H groups in total. The molecule has 0 saturated heterocycles. The van der Waals surface area contributed by atoms with E-state index >= 15 is 0 Å². The summed E-state index contributed by atoms with van der Waals surface area (Å²) in [4.78, 5) is 11.3. The second kappa shape index (κ2) is 10.7. The van der Waals surface area contributed by atoms with Crippen LogP contribution < -0.4 is 18.9 Å². The third-order valence-corrected chi connectivity index (χ3v) is 7.02. The van der Waals surface area contributed by atoms with Crippen molar-refractivity contribution < 1.29 is 28.0 Å². The van der Waals surface area contributed by atoms with Gasteiger partial charge < -0.3 is 28.0 Å². The monoisotopic (exact) mass is 577 g/mol. The molecule has 0 fully saturated rings. The van der Waals surface area contributed by atoms with Crippen LogP contribution in [-0.4, -0.2) is 61.0 Å². The van der Waals surface area contributed by atoms with Gasteiger partial charge in [-0.1, -0.05) is 10.3 Å². The van der Waals surface area contributed by atoms with Crippen molar-refractivity contribution in [1.29, 1.82) is 0 Å². The minimum absolute atomic E-state index is 0.127. The fourth-order valence-electron chi connectivity index (χ4n) is 4.65. The van der Waals surface area contributed by atoms with E-state index in [-0.39, 0.29) is 19.6 Å². The zero-order valence-electron chi connectivity index (χ0n) is 21.9. The molecule has 2 aliphatic heterocycles. The van der Waals surface area contributed by atoms with Crippen LogP contribution in [-0.2, 0) is 13.1 Å². The molecule has 0 amide bonds. The molecule has 14 heteroatoms. The number of aromatic nitrogens is 6. The molecule has 0 aliphatic carbocycles. The second-order valence-electron chi connectivity index (χ2n) is 9.63. The quantitative estimate of drug-likeness (QED) is 0.220. The lowest BCUT2D eigenvalue weighted by molar-refractivity contribution is 0.170. The summed E-state index contributed by atoms with van der Waals surface area (Å²) in [5.41, 5.74) is 2.56. The Hall–Kier alpha value is -4.62. The van der Waals surface area contributed by atoms with Crippen molar-refractivity contribution in [2.45, 2.75) is 26.1 Å². The average Bonchev–Trinajstić information content (AvgIpc) is 3.81. The van der Waals surface area contributed by atoms with Crippen molar-refractivity contribution in [3.05, 3.63) is 66.1 Å². The first-order chi connectivity index (χ1) is 20.1. The lowest BCUT2D eigenvalue weighted by Crippen LogP contribution is -2.31. The Bertz CT molecular complexity index is 1590. The Kier molecular flexibility index (Phi) is 6.65. The van der Waals surface area contributed by atoms with Crippen molar-refractivity contribution in [2.75, 3.05) is 26.0 Å². The van der Waals surface area contributed by atoms with Crippen LogP contribution in [0.25, 0.3) is 22.8 Å². The van der Waals surface area contributed by atoms with Crippen molar-refractivity contribution in [3.63, 3.8) is 0 Å². The first-order valence-electron chi connectivity index (χ1n) is 12.9. The van der Waals surface area contributed by atoms with Crippen LogP contribution in [0.2, 0.25) is 0 Å². The molecule has 5 aromatic rings. The van der Waals surface area contributed by atoms with Gasteiger partial charge in [0, 0.05) is 29.7 Å². The number of hydrogen-bond donors (Lipinski definition) is 0. The molecule has 7 rings (SSSR count). The highest BCUT2D eigenvalue weighted by Gasteiger charge is 2.23. The van der Waals surface area contributed by atoms with Crippen LogP contribution in [0.15, 0.2) is 57.8 Å². The summed E-state index contributed by atoms with van der Waals surface area (Å²) in [5.74, 6) is 4.71. The van der Waals surface area contributed by atoms with Crippen LogP contribution in [0, 0.1) is 6.92 Å². The van der Waals surface area contributed by atoms with E-state index < -0.39 is 0 Å². The number of nitrogens with zero attached hydrogens (tertiary/aromatic N) is 7. The third-order valence-electron chi connectivity index (χ3n) is 6.67. The van der Waals surface area contributed by atoms with Gasteiger partial charge in [-0.05, 0) is 48.9 Å².